The van der Waals surface area contributed by atoms with Crippen LogP contribution in [0.15, 0.2) is 102 Å². The monoisotopic (exact) mass is 782 g/mol. The standard InChI is InChI=1S/C20H19F3N2O2S.C19H17F3N4O/c1-12-4-6-14(7-5-12)17(26)11-18(28-3)25-16-9-8-15(10-13(16)2)24-19(27)20(21,22)23;1-11-3-5-13(6-4-11)16-10-17(26-25-16)24-15-8-7-14(9-12(15)2)23-18(27)19(20,21)22/h4-11,25H,1-3H3,(H,24,27);3-10H,1-2H3,(H,23,27)(H2,24,25,26)/b18-11-;. The second kappa shape index (κ2) is 17.9. The number of carbonyl (C=O) groups excluding carboxylic acids is 3. The Morgan fingerprint density at radius 2 is 1.15 bits per heavy atom. The minimum Gasteiger partial charge on any atom is -0.350 e. The first-order valence-electron chi connectivity index (χ1n) is 16.3. The first kappa shape index (κ1) is 41.7. The van der Waals surface area contributed by atoms with Gasteiger partial charge in [0.15, 0.2) is 11.6 Å². The molecule has 0 aliphatic carbocycles. The lowest BCUT2D eigenvalue weighted by Crippen LogP contribution is -2.29. The molecule has 0 saturated heterocycles. The van der Waals surface area contributed by atoms with E-state index in [9.17, 15) is 40.7 Å². The highest BCUT2D eigenvalue weighted by Gasteiger charge is 2.39. The molecule has 0 atom stereocenters. The van der Waals surface area contributed by atoms with Gasteiger partial charge < -0.3 is 21.3 Å². The van der Waals surface area contributed by atoms with Gasteiger partial charge in [-0.2, -0.15) is 31.4 Å². The third-order valence-electron chi connectivity index (χ3n) is 7.76. The van der Waals surface area contributed by atoms with Crippen LogP contribution < -0.4 is 21.3 Å². The maximum atomic E-state index is 12.4. The number of anilines is 5. The van der Waals surface area contributed by atoms with E-state index >= 15 is 0 Å². The molecule has 0 saturated carbocycles. The fraction of sp³-hybridized carbons (Fsp3) is 0.179. The average Bonchev–Trinajstić information content (AvgIpc) is 3.58. The Hall–Kier alpha value is -6.03. The summed E-state index contributed by atoms with van der Waals surface area (Å²) >= 11 is 1.33. The van der Waals surface area contributed by atoms with Crippen LogP contribution in [0.3, 0.4) is 0 Å². The van der Waals surface area contributed by atoms with Crippen LogP contribution >= 0.6 is 11.8 Å². The number of nitrogens with zero attached hydrogens (tertiary/aromatic N) is 1. The molecule has 0 radical (unpaired) electrons. The van der Waals surface area contributed by atoms with Crippen LogP contribution in [0.4, 0.5) is 54.9 Å². The van der Waals surface area contributed by atoms with Crippen LogP contribution in [0.2, 0.25) is 0 Å². The number of aryl methyl sites for hydroxylation is 4. The molecule has 0 unspecified atom stereocenters. The number of H-pyrrole nitrogens is 1. The summed E-state index contributed by atoms with van der Waals surface area (Å²) in [6.07, 6.45) is -6.61. The molecule has 55 heavy (non-hydrogen) atoms. The van der Waals surface area contributed by atoms with Gasteiger partial charge in [-0.3, -0.25) is 19.5 Å². The molecule has 4 aromatic carbocycles. The molecule has 5 aromatic rings. The Morgan fingerprint density at radius 3 is 1.62 bits per heavy atom. The fourth-order valence-corrected chi connectivity index (χ4v) is 5.21. The number of alkyl halides is 6. The van der Waals surface area contributed by atoms with Gasteiger partial charge in [-0.25, -0.2) is 0 Å². The van der Waals surface area contributed by atoms with Crippen molar-refractivity contribution in [1.29, 1.82) is 0 Å². The van der Waals surface area contributed by atoms with Crippen molar-refractivity contribution in [3.63, 3.8) is 0 Å². The molecular formula is C39H36F6N6O3S. The maximum Gasteiger partial charge on any atom is 0.471 e. The molecule has 5 rings (SSSR count). The molecule has 5 N–H and O–H groups in total. The lowest BCUT2D eigenvalue weighted by atomic mass is 10.1. The Balaban J connectivity index is 0.000000245. The van der Waals surface area contributed by atoms with Crippen molar-refractivity contribution in [3.8, 4) is 11.3 Å². The second-order valence-corrected chi connectivity index (χ2v) is 13.0. The van der Waals surface area contributed by atoms with Crippen molar-refractivity contribution in [1.82, 2.24) is 10.2 Å². The summed E-state index contributed by atoms with van der Waals surface area (Å²) in [4.78, 5) is 34.4. The van der Waals surface area contributed by atoms with Crippen LogP contribution in [0.25, 0.3) is 11.3 Å². The Labute approximate surface area is 317 Å². The number of ketones is 1. The highest BCUT2D eigenvalue weighted by Crippen LogP contribution is 2.28. The Bertz CT molecular complexity index is 2180. The molecule has 0 aliphatic rings. The summed E-state index contributed by atoms with van der Waals surface area (Å²) in [7, 11) is 0. The molecule has 0 spiro atoms. The van der Waals surface area contributed by atoms with E-state index in [4.69, 9.17) is 0 Å². The van der Waals surface area contributed by atoms with Crippen molar-refractivity contribution >= 4 is 57.9 Å². The minimum atomic E-state index is -4.95. The number of halogens is 6. The quantitative estimate of drug-likeness (QED) is 0.0542. The van der Waals surface area contributed by atoms with E-state index in [-0.39, 0.29) is 17.2 Å². The number of allylic oxidation sites excluding steroid dienone is 1. The second-order valence-electron chi connectivity index (χ2n) is 12.2. The van der Waals surface area contributed by atoms with E-state index in [0.29, 0.717) is 38.9 Å². The van der Waals surface area contributed by atoms with Crippen LogP contribution in [0.5, 0.6) is 0 Å². The summed E-state index contributed by atoms with van der Waals surface area (Å²) in [6, 6.07) is 25.8. The van der Waals surface area contributed by atoms with Crippen LogP contribution in [-0.2, 0) is 9.59 Å². The number of aromatic nitrogens is 2. The molecule has 0 fully saturated rings. The smallest absolute Gasteiger partial charge is 0.350 e. The molecule has 288 valence electrons. The number of rotatable bonds is 10. The van der Waals surface area contributed by atoms with E-state index in [1.165, 1.54) is 42.1 Å². The number of hydrogen-bond donors (Lipinski definition) is 5. The Morgan fingerprint density at radius 1 is 0.655 bits per heavy atom. The van der Waals surface area contributed by atoms with Crippen LogP contribution in [0, 0.1) is 27.7 Å². The molecule has 16 heteroatoms. The number of carbonyl (C=O) groups is 3. The van der Waals surface area contributed by atoms with Gasteiger partial charge in [-0.05, 0) is 87.0 Å². The predicted octanol–water partition coefficient (Wildman–Crippen LogP) is 10.2. The van der Waals surface area contributed by atoms with E-state index in [1.54, 1.807) is 44.4 Å². The molecular weight excluding hydrogens is 747 g/mol. The summed E-state index contributed by atoms with van der Waals surface area (Å²) in [6.45, 7) is 7.35. The maximum absolute atomic E-state index is 12.4. The number of benzene rings is 4. The van der Waals surface area contributed by atoms with Gasteiger partial charge in [-0.15, -0.1) is 11.8 Å². The van der Waals surface area contributed by atoms with E-state index in [1.807, 2.05) is 66.9 Å². The SMILES string of the molecule is CS/C(=C\C(=O)c1ccc(C)cc1)Nc1ccc(NC(=O)C(F)(F)F)cc1C.Cc1ccc(-c2cc(Nc3ccc(NC(=O)C(F)(F)F)cc3C)n[nH]2)cc1. The molecule has 0 bridgehead atoms. The normalized spacial score (nSPS) is 11.6. The highest BCUT2D eigenvalue weighted by atomic mass is 32.2. The van der Waals surface area contributed by atoms with E-state index in [0.717, 1.165) is 22.4 Å². The van der Waals surface area contributed by atoms with Gasteiger partial charge in [0.1, 0.15) is 0 Å². The van der Waals surface area contributed by atoms with Crippen LogP contribution in [-0.4, -0.2) is 46.4 Å². The fourth-order valence-electron chi connectivity index (χ4n) is 4.77. The van der Waals surface area contributed by atoms with E-state index < -0.39 is 24.2 Å². The number of amides is 2. The lowest BCUT2D eigenvalue weighted by molar-refractivity contribution is -0.167. The third-order valence-corrected chi connectivity index (χ3v) is 8.42. The van der Waals surface area contributed by atoms with Gasteiger partial charge in [0.2, 0.25) is 0 Å². The summed E-state index contributed by atoms with van der Waals surface area (Å²) in [5.74, 6) is -3.62. The van der Waals surface area contributed by atoms with Crippen molar-refractivity contribution in [2.75, 3.05) is 27.5 Å². The van der Waals surface area contributed by atoms with Crippen molar-refractivity contribution in [3.05, 3.63) is 130 Å². The number of nitrogens with one attached hydrogen (secondary N) is 5. The minimum absolute atomic E-state index is 0.0378. The molecule has 1 heterocycles. The summed E-state index contributed by atoms with van der Waals surface area (Å²) < 4.78 is 74.0. The zero-order valence-corrected chi connectivity index (χ0v) is 30.9. The van der Waals surface area contributed by atoms with Gasteiger partial charge in [0, 0.05) is 40.5 Å². The van der Waals surface area contributed by atoms with Crippen LogP contribution in [0.1, 0.15) is 32.6 Å². The molecule has 0 aliphatic heterocycles. The number of thioether (sulfide) groups is 1. The molecule has 2 amide bonds. The van der Waals surface area contributed by atoms with Crippen molar-refractivity contribution in [2.45, 2.75) is 40.0 Å². The largest absolute Gasteiger partial charge is 0.471 e. The number of hydrogen-bond acceptors (Lipinski definition) is 7. The van der Waals surface area contributed by atoms with Gasteiger partial charge >= 0.3 is 24.2 Å². The van der Waals surface area contributed by atoms with Crippen molar-refractivity contribution < 1.29 is 40.7 Å². The first-order valence-corrected chi connectivity index (χ1v) is 17.6. The van der Waals surface area contributed by atoms with Crippen molar-refractivity contribution in [2.24, 2.45) is 0 Å². The first-order chi connectivity index (χ1) is 25.8. The molecule has 9 nitrogen and oxygen atoms in total. The topological polar surface area (TPSA) is 128 Å². The van der Waals surface area contributed by atoms with E-state index in [2.05, 4.69) is 20.8 Å². The van der Waals surface area contributed by atoms with Gasteiger partial charge in [-0.1, -0.05) is 59.7 Å². The average molecular weight is 783 g/mol. The Kier molecular flexibility index (Phi) is 13.6. The zero-order valence-electron chi connectivity index (χ0n) is 30.1. The highest BCUT2D eigenvalue weighted by molar-refractivity contribution is 8.02. The summed E-state index contributed by atoms with van der Waals surface area (Å²) in [5, 5.41) is 17.6. The summed E-state index contributed by atoms with van der Waals surface area (Å²) in [5.41, 5.74) is 7.26. The zero-order chi connectivity index (χ0) is 40.5. The third kappa shape index (κ3) is 12.2. The lowest BCUT2D eigenvalue weighted by Gasteiger charge is -2.14. The number of aromatic amines is 1. The van der Waals surface area contributed by atoms with Gasteiger partial charge in [0.25, 0.3) is 0 Å². The predicted molar refractivity (Wildman–Crippen MR) is 205 cm³/mol. The molecule has 1 aromatic heterocycles. The van der Waals surface area contributed by atoms with Gasteiger partial charge in [0.05, 0.1) is 10.7 Å².